The van der Waals surface area contributed by atoms with E-state index in [2.05, 4.69) is 0 Å². The van der Waals surface area contributed by atoms with E-state index in [1.807, 2.05) is 22.6 Å². The Morgan fingerprint density at radius 2 is 1.78 bits per heavy atom. The number of halogens is 7. The van der Waals surface area contributed by atoms with Crippen LogP contribution in [0.3, 0.4) is 0 Å². The van der Waals surface area contributed by atoms with Gasteiger partial charge in [-0.2, -0.15) is 22.0 Å². The second-order valence-electron chi connectivity index (χ2n) is 3.15. The first-order chi connectivity index (χ1) is 8.05. The zero-order valence-electron chi connectivity index (χ0n) is 8.29. The average molecular weight is 399 g/mol. The Kier molecular flexibility index (Phi) is 4.42. The zero-order chi connectivity index (χ0) is 14.1. The van der Waals surface area contributed by atoms with E-state index in [9.17, 15) is 26.7 Å². The molecule has 0 bridgehead atoms. The minimum absolute atomic E-state index is 0.131. The summed E-state index contributed by atoms with van der Waals surface area (Å²) in [5.41, 5.74) is -0.314. The van der Waals surface area contributed by atoms with Crippen molar-refractivity contribution in [2.24, 2.45) is 0 Å². The lowest BCUT2D eigenvalue weighted by Gasteiger charge is -2.19. The van der Waals surface area contributed by atoms with Gasteiger partial charge in [-0.25, -0.2) is 0 Å². The third-order valence-corrected chi connectivity index (χ3v) is 2.80. The Bertz CT molecular complexity index is 477. The van der Waals surface area contributed by atoms with Gasteiger partial charge in [0.05, 0.1) is 10.7 Å². The van der Waals surface area contributed by atoms with E-state index in [-0.39, 0.29) is 10.7 Å². The number of carbonyl (C=O) groups is 1. The van der Waals surface area contributed by atoms with Crippen molar-refractivity contribution in [2.75, 3.05) is 5.32 Å². The summed E-state index contributed by atoms with van der Waals surface area (Å²) in [5, 5.41) is 1.31. The highest BCUT2D eigenvalue weighted by Crippen LogP contribution is 2.37. The van der Waals surface area contributed by atoms with Gasteiger partial charge in [0.25, 0.3) is 0 Å². The highest BCUT2D eigenvalue weighted by molar-refractivity contribution is 14.1. The van der Waals surface area contributed by atoms with Crippen LogP contribution in [0.15, 0.2) is 18.2 Å². The Hall–Kier alpha value is -0.640. The maximum atomic E-state index is 12.6. The summed E-state index contributed by atoms with van der Waals surface area (Å²) in [6.45, 7) is 0. The molecule has 18 heavy (non-hydrogen) atoms. The molecule has 1 aromatic carbocycles. The Morgan fingerprint density at radius 1 is 1.22 bits per heavy atom. The molecule has 0 aliphatic carbocycles. The van der Waals surface area contributed by atoms with Gasteiger partial charge < -0.3 is 5.32 Å². The van der Waals surface area contributed by atoms with Crippen LogP contribution in [0.5, 0.6) is 0 Å². The van der Waals surface area contributed by atoms with Crippen molar-refractivity contribution in [1.29, 1.82) is 0 Å². The molecule has 0 aliphatic heterocycles. The molecule has 0 aliphatic rings. The van der Waals surface area contributed by atoms with Crippen LogP contribution in [0.4, 0.5) is 27.6 Å². The maximum Gasteiger partial charge on any atom is 0.463 e. The lowest BCUT2D eigenvalue weighted by molar-refractivity contribution is -0.267. The first-order valence-electron chi connectivity index (χ1n) is 4.27. The normalized spacial score (nSPS) is 12.4. The van der Waals surface area contributed by atoms with Crippen LogP contribution < -0.4 is 5.32 Å². The number of rotatable bonds is 2. The van der Waals surface area contributed by atoms with Crippen molar-refractivity contribution in [3.8, 4) is 0 Å². The van der Waals surface area contributed by atoms with Gasteiger partial charge in [0, 0.05) is 3.57 Å². The fraction of sp³-hybridized carbons (Fsp3) is 0.222. The fourth-order valence-corrected chi connectivity index (χ4v) is 1.82. The van der Waals surface area contributed by atoms with Crippen LogP contribution in [-0.2, 0) is 4.79 Å². The lowest BCUT2D eigenvalue weighted by Crippen LogP contribution is -2.47. The van der Waals surface area contributed by atoms with E-state index < -0.39 is 18.0 Å². The largest absolute Gasteiger partial charge is 0.463 e. The van der Waals surface area contributed by atoms with Crippen molar-refractivity contribution in [2.45, 2.75) is 12.1 Å². The van der Waals surface area contributed by atoms with Gasteiger partial charge in [-0.1, -0.05) is 11.6 Å². The SMILES string of the molecule is O=C(Nc1ccc(I)cc1Cl)C(F)(F)C(F)(F)F. The van der Waals surface area contributed by atoms with Gasteiger partial charge in [-0.05, 0) is 40.8 Å². The first kappa shape index (κ1) is 15.4. The molecule has 1 aromatic rings. The van der Waals surface area contributed by atoms with Crippen LogP contribution >= 0.6 is 34.2 Å². The van der Waals surface area contributed by atoms with Crippen molar-refractivity contribution in [1.82, 2.24) is 0 Å². The van der Waals surface area contributed by atoms with Crippen molar-refractivity contribution in [3.63, 3.8) is 0 Å². The van der Waals surface area contributed by atoms with Gasteiger partial charge in [0.15, 0.2) is 0 Å². The second-order valence-corrected chi connectivity index (χ2v) is 4.80. The topological polar surface area (TPSA) is 29.1 Å². The number of amides is 1. The highest BCUT2D eigenvalue weighted by atomic mass is 127. The van der Waals surface area contributed by atoms with E-state index in [0.29, 0.717) is 3.57 Å². The molecule has 0 aromatic heterocycles. The quantitative estimate of drug-likeness (QED) is 0.589. The first-order valence-corrected chi connectivity index (χ1v) is 5.72. The van der Waals surface area contributed by atoms with Crippen LogP contribution in [-0.4, -0.2) is 18.0 Å². The predicted octanol–water partition coefficient (Wildman–Crippen LogP) is 4.08. The number of nitrogens with one attached hydrogen (secondary N) is 1. The van der Waals surface area contributed by atoms with Crippen LogP contribution in [0, 0.1) is 3.57 Å². The Labute approximate surface area is 117 Å². The molecule has 2 nitrogen and oxygen atoms in total. The van der Waals surface area contributed by atoms with Crippen molar-refractivity contribution >= 4 is 45.8 Å². The maximum absolute atomic E-state index is 12.6. The fourth-order valence-electron chi connectivity index (χ4n) is 0.920. The summed E-state index contributed by atoms with van der Waals surface area (Å²) < 4.78 is 61.6. The van der Waals surface area contributed by atoms with Gasteiger partial charge >= 0.3 is 18.0 Å². The predicted molar refractivity (Wildman–Crippen MR) is 63.8 cm³/mol. The molecule has 9 heteroatoms. The number of carbonyl (C=O) groups excluding carboxylic acids is 1. The number of anilines is 1. The Balaban J connectivity index is 2.95. The summed E-state index contributed by atoms with van der Waals surface area (Å²) >= 11 is 7.45. The molecule has 0 saturated heterocycles. The Morgan fingerprint density at radius 3 is 2.22 bits per heavy atom. The number of hydrogen-bond acceptors (Lipinski definition) is 1. The van der Waals surface area contributed by atoms with Crippen molar-refractivity contribution in [3.05, 3.63) is 26.8 Å². The molecule has 1 amide bonds. The summed E-state index contributed by atoms with van der Waals surface area (Å²) in [6, 6.07) is 3.84. The van der Waals surface area contributed by atoms with Crippen molar-refractivity contribution < 1.29 is 26.7 Å². The number of alkyl halides is 5. The molecule has 1 rings (SSSR count). The molecule has 100 valence electrons. The molecule has 0 saturated carbocycles. The molecule has 0 atom stereocenters. The highest BCUT2D eigenvalue weighted by Gasteiger charge is 2.63. The van der Waals surface area contributed by atoms with E-state index in [1.165, 1.54) is 17.4 Å². The minimum Gasteiger partial charge on any atom is -0.319 e. The zero-order valence-corrected chi connectivity index (χ0v) is 11.2. The summed E-state index contributed by atoms with van der Waals surface area (Å²) in [4.78, 5) is 10.9. The third-order valence-electron chi connectivity index (χ3n) is 1.82. The molecule has 0 unspecified atom stereocenters. The average Bonchev–Trinajstić information content (AvgIpc) is 2.20. The van der Waals surface area contributed by atoms with Crippen LogP contribution in [0.1, 0.15) is 0 Å². The standard InChI is InChI=1S/C9H4ClF5INO/c10-5-3-4(16)1-2-6(5)17-7(18)8(11,12)9(13,14)15/h1-3H,(H,17,18). The minimum atomic E-state index is -5.95. The lowest BCUT2D eigenvalue weighted by atomic mass is 10.2. The molecular formula is C9H4ClF5INO. The van der Waals surface area contributed by atoms with Gasteiger partial charge in [-0.15, -0.1) is 0 Å². The molecule has 0 heterocycles. The van der Waals surface area contributed by atoms with E-state index >= 15 is 0 Å². The molecule has 0 spiro atoms. The molecule has 1 N–H and O–H groups in total. The smallest absolute Gasteiger partial charge is 0.319 e. The summed E-state index contributed by atoms with van der Waals surface area (Å²) in [7, 11) is 0. The van der Waals surface area contributed by atoms with Gasteiger partial charge in [0.2, 0.25) is 0 Å². The van der Waals surface area contributed by atoms with Gasteiger partial charge in [-0.3, -0.25) is 4.79 Å². The molecule has 0 fully saturated rings. The van der Waals surface area contributed by atoms with Gasteiger partial charge in [0.1, 0.15) is 0 Å². The second kappa shape index (κ2) is 5.16. The monoisotopic (exact) mass is 399 g/mol. The van der Waals surface area contributed by atoms with E-state index in [4.69, 9.17) is 11.6 Å². The van der Waals surface area contributed by atoms with E-state index in [1.54, 1.807) is 0 Å². The summed E-state index contributed by atoms with van der Waals surface area (Å²) in [6.07, 6.45) is -5.95. The van der Waals surface area contributed by atoms with Crippen LogP contribution in [0.25, 0.3) is 0 Å². The number of benzene rings is 1. The molecular weight excluding hydrogens is 395 g/mol. The summed E-state index contributed by atoms with van der Waals surface area (Å²) in [5.74, 6) is -7.95. The third kappa shape index (κ3) is 3.22. The van der Waals surface area contributed by atoms with Crippen LogP contribution in [0.2, 0.25) is 5.02 Å². The molecule has 0 radical (unpaired) electrons. The number of hydrogen-bond donors (Lipinski definition) is 1. The van der Waals surface area contributed by atoms with E-state index in [0.717, 1.165) is 6.07 Å².